The van der Waals surface area contributed by atoms with Gasteiger partial charge in [0, 0.05) is 39.0 Å². The third kappa shape index (κ3) is 8.62. The van der Waals surface area contributed by atoms with Gasteiger partial charge in [-0.25, -0.2) is 4.79 Å². The van der Waals surface area contributed by atoms with Gasteiger partial charge in [0.15, 0.2) is 0 Å². The summed E-state index contributed by atoms with van der Waals surface area (Å²) in [7, 11) is 6.08. The Morgan fingerprint density at radius 1 is 1.20 bits per heavy atom. The van der Waals surface area contributed by atoms with Gasteiger partial charge in [-0.15, -0.1) is 0 Å². The van der Waals surface area contributed by atoms with Gasteiger partial charge in [-0.3, -0.25) is 14.4 Å². The molecule has 0 unspecified atom stereocenters. The number of allylic oxidation sites excluding steroid dienone is 3. The van der Waals surface area contributed by atoms with Crippen molar-refractivity contribution in [3.63, 3.8) is 0 Å². The first-order valence-corrected chi connectivity index (χ1v) is 17.6. The lowest BCUT2D eigenvalue weighted by atomic mass is 9.78. The number of epoxide rings is 1. The molecule has 0 aromatic heterocycles. The Morgan fingerprint density at radius 2 is 1.86 bits per heavy atom. The lowest BCUT2D eigenvalue weighted by Crippen LogP contribution is -2.53. The van der Waals surface area contributed by atoms with Crippen molar-refractivity contribution in [2.45, 2.75) is 116 Å². The second kappa shape index (κ2) is 15.3. The van der Waals surface area contributed by atoms with E-state index in [2.05, 4.69) is 0 Å². The molecular weight excluding hydrogens is 680 g/mol. The zero-order valence-corrected chi connectivity index (χ0v) is 32.3. The fraction of sp³-hybridized carbons (Fsp3) is 0.632. The van der Waals surface area contributed by atoms with Crippen molar-refractivity contribution in [1.29, 1.82) is 0 Å². The number of rotatable bonds is 5. The number of hydrogen-bond acceptors (Lipinski definition) is 10. The molecule has 0 aliphatic carbocycles. The number of methoxy groups -OCH3 is 2. The minimum absolute atomic E-state index is 0.0639. The molecule has 13 heteroatoms. The molecule has 1 aromatic rings. The summed E-state index contributed by atoms with van der Waals surface area (Å²) in [4.78, 5) is 56.5. The first-order valence-electron chi connectivity index (χ1n) is 17.2. The fourth-order valence-electron chi connectivity index (χ4n) is 6.96. The van der Waals surface area contributed by atoms with Crippen LogP contribution in [-0.2, 0) is 44.5 Å². The summed E-state index contributed by atoms with van der Waals surface area (Å²) in [5.41, 5.74) is -1.33. The number of amides is 2. The van der Waals surface area contributed by atoms with Crippen molar-refractivity contribution in [2.24, 2.45) is 11.3 Å². The van der Waals surface area contributed by atoms with Crippen LogP contribution in [0.25, 0.3) is 0 Å². The zero-order chi connectivity index (χ0) is 38.2. The van der Waals surface area contributed by atoms with Gasteiger partial charge in [-0.2, -0.15) is 0 Å². The van der Waals surface area contributed by atoms with Gasteiger partial charge in [0.25, 0.3) is 0 Å². The summed E-state index contributed by atoms with van der Waals surface area (Å²) in [5, 5.41) is 12.1. The topological polar surface area (TPSA) is 144 Å². The van der Waals surface area contributed by atoms with Crippen LogP contribution < -0.4 is 9.64 Å². The number of aliphatic hydroxyl groups is 1. The average molecular weight is 733 g/mol. The molecule has 8 atom stereocenters. The van der Waals surface area contributed by atoms with Crippen LogP contribution in [0, 0.1) is 11.3 Å². The standard InChI is InChI=1S/C38H53ClN2O10/c1-21-13-12-14-28(48-11)38(46)19-27(49-31(43)20-38)22(2)33-37(7,51-33)29(50-34(44)23(3)40(8)35(45)36(4,5)6)18-30(42)41(9)25-16-24(15-21)17-26(47-10)32(25)39/h12-14,16-17,22-23,27-29,33,46H,15,18-20H2,1-11H3/b14-12+,21-13+/t22-,23+,27+,28-,29+,33+,37+,38-/m1/s1. The SMILES string of the molecule is COc1cc2cc(c1Cl)N(C)C(=O)C[C@H](OC(=O)[C@H](C)N(C)C(=O)C(C)(C)C)[C@]1(C)O[C@H]1[C@H](C)[C@@H]1C[C@@](O)(CC(=O)O1)[C@H](OC)/C=C/C=C(\C)C2. The van der Waals surface area contributed by atoms with Gasteiger partial charge in [0.05, 0.1) is 31.7 Å². The number of likely N-dealkylation sites (N-methyl/N-ethyl adjacent to an activating group) is 1. The minimum atomic E-state index is -1.57. The smallest absolute Gasteiger partial charge is 0.328 e. The molecule has 4 rings (SSSR count). The number of ether oxygens (including phenoxy) is 5. The summed E-state index contributed by atoms with van der Waals surface area (Å²) >= 11 is 6.75. The molecule has 282 valence electrons. The van der Waals surface area contributed by atoms with E-state index in [4.69, 9.17) is 35.3 Å². The van der Waals surface area contributed by atoms with Crippen LogP contribution in [0.15, 0.2) is 35.9 Å². The Balaban J connectivity index is 1.78. The lowest BCUT2D eigenvalue weighted by molar-refractivity contribution is -0.187. The molecule has 2 fully saturated rings. The van der Waals surface area contributed by atoms with Crippen LogP contribution in [0.4, 0.5) is 5.69 Å². The van der Waals surface area contributed by atoms with Crippen molar-refractivity contribution < 1.29 is 48.0 Å². The summed E-state index contributed by atoms with van der Waals surface area (Å²) in [6.45, 7) is 12.3. The first-order chi connectivity index (χ1) is 23.7. The van der Waals surface area contributed by atoms with Crippen molar-refractivity contribution in [1.82, 2.24) is 4.90 Å². The highest BCUT2D eigenvalue weighted by molar-refractivity contribution is 6.35. The molecule has 51 heavy (non-hydrogen) atoms. The van der Waals surface area contributed by atoms with Crippen LogP contribution in [0.2, 0.25) is 5.02 Å². The predicted octanol–water partition coefficient (Wildman–Crippen LogP) is 4.81. The monoisotopic (exact) mass is 732 g/mol. The number of nitrogens with zero attached hydrogens (tertiary/aromatic N) is 2. The predicted molar refractivity (Wildman–Crippen MR) is 192 cm³/mol. The number of carbonyl (C=O) groups excluding carboxylic acids is 4. The number of benzene rings is 1. The maximum atomic E-state index is 14.1. The highest BCUT2D eigenvalue weighted by Crippen LogP contribution is 2.50. The van der Waals surface area contributed by atoms with Crippen molar-refractivity contribution in [3.8, 4) is 5.75 Å². The van der Waals surface area contributed by atoms with E-state index in [0.29, 0.717) is 17.9 Å². The number of fused-ring (bicyclic) bond motifs is 5. The van der Waals surface area contributed by atoms with Crippen LogP contribution in [0.5, 0.6) is 5.75 Å². The minimum Gasteiger partial charge on any atom is -0.495 e. The second-order valence-corrected chi connectivity index (χ2v) is 15.8. The van der Waals surface area contributed by atoms with E-state index in [0.717, 1.165) is 11.1 Å². The van der Waals surface area contributed by atoms with E-state index in [9.17, 15) is 24.3 Å². The number of carbonyl (C=O) groups is 4. The average Bonchev–Trinajstić information content (AvgIpc) is 3.75. The summed E-state index contributed by atoms with van der Waals surface area (Å²) in [5.74, 6) is -2.07. The molecule has 2 amide bonds. The Morgan fingerprint density at radius 3 is 2.47 bits per heavy atom. The maximum absolute atomic E-state index is 14.1. The van der Waals surface area contributed by atoms with Crippen LogP contribution >= 0.6 is 11.6 Å². The van der Waals surface area contributed by atoms with E-state index >= 15 is 0 Å². The maximum Gasteiger partial charge on any atom is 0.328 e. The molecular formula is C38H53ClN2O10. The second-order valence-electron chi connectivity index (χ2n) is 15.4. The normalized spacial score (nSPS) is 32.5. The van der Waals surface area contributed by atoms with Gasteiger partial charge in [0.2, 0.25) is 11.8 Å². The molecule has 1 aromatic carbocycles. The van der Waals surface area contributed by atoms with Gasteiger partial charge < -0.3 is 38.6 Å². The Labute approximate surface area is 306 Å². The van der Waals surface area contributed by atoms with Crippen LogP contribution in [-0.4, -0.2) is 104 Å². The van der Waals surface area contributed by atoms with Gasteiger partial charge in [0.1, 0.15) is 46.3 Å². The Hall–Kier alpha value is -3.45. The molecule has 4 bridgehead atoms. The fourth-order valence-corrected chi connectivity index (χ4v) is 7.27. The molecule has 0 saturated carbocycles. The van der Waals surface area contributed by atoms with Crippen LogP contribution in [0.1, 0.15) is 73.3 Å². The highest BCUT2D eigenvalue weighted by Gasteiger charge is 2.64. The quantitative estimate of drug-likeness (QED) is 0.331. The van der Waals surface area contributed by atoms with Gasteiger partial charge >= 0.3 is 11.9 Å². The molecule has 12 nitrogen and oxygen atoms in total. The number of esters is 2. The van der Waals surface area contributed by atoms with E-state index in [1.54, 1.807) is 66.0 Å². The molecule has 3 aliphatic rings. The largest absolute Gasteiger partial charge is 0.495 e. The van der Waals surface area contributed by atoms with E-state index in [-0.39, 0.29) is 30.2 Å². The summed E-state index contributed by atoms with van der Waals surface area (Å²) in [6.07, 6.45) is 2.03. The van der Waals surface area contributed by atoms with Crippen LogP contribution in [0.3, 0.4) is 0 Å². The molecule has 1 N–H and O–H groups in total. The van der Waals surface area contributed by atoms with Gasteiger partial charge in [-0.05, 0) is 44.9 Å². The molecule has 0 spiro atoms. The first kappa shape index (κ1) is 40.3. The van der Waals surface area contributed by atoms with E-state index in [1.165, 1.54) is 31.1 Å². The zero-order valence-electron chi connectivity index (χ0n) is 31.6. The van der Waals surface area contributed by atoms with Crippen molar-refractivity contribution >= 4 is 41.0 Å². The van der Waals surface area contributed by atoms with E-state index < -0.39 is 70.8 Å². The van der Waals surface area contributed by atoms with E-state index in [1.807, 2.05) is 19.9 Å². The molecule has 3 heterocycles. The highest BCUT2D eigenvalue weighted by atomic mass is 35.5. The third-order valence-corrected chi connectivity index (χ3v) is 10.7. The molecule has 3 aliphatic heterocycles. The third-order valence-electron chi connectivity index (χ3n) is 10.4. The van der Waals surface area contributed by atoms with Crippen molar-refractivity contribution in [3.05, 3.63) is 46.5 Å². The Bertz CT molecular complexity index is 1590. The molecule has 2 saturated heterocycles. The summed E-state index contributed by atoms with van der Waals surface area (Å²) in [6, 6.07) is 2.63. The number of anilines is 1. The number of halogens is 1. The molecule has 0 radical (unpaired) electrons. The Kier molecular flexibility index (Phi) is 12.1. The van der Waals surface area contributed by atoms with Gasteiger partial charge in [-0.1, -0.05) is 63.1 Å². The number of hydrogen-bond donors (Lipinski definition) is 1. The summed E-state index contributed by atoms with van der Waals surface area (Å²) < 4.78 is 29.4. The van der Waals surface area contributed by atoms with Crippen molar-refractivity contribution in [2.75, 3.05) is 33.2 Å². The lowest BCUT2D eigenvalue weighted by Gasteiger charge is -2.41.